The van der Waals surface area contributed by atoms with Crippen LogP contribution in [-0.2, 0) is 14.8 Å². The summed E-state index contributed by atoms with van der Waals surface area (Å²) < 4.78 is 31.1. The summed E-state index contributed by atoms with van der Waals surface area (Å²) in [5.74, 6) is -0.0310. The predicted molar refractivity (Wildman–Crippen MR) is 128 cm³/mol. The highest BCUT2D eigenvalue weighted by molar-refractivity contribution is 7.92. The van der Waals surface area contributed by atoms with Crippen LogP contribution in [0.15, 0.2) is 72.8 Å². The molecule has 0 fully saturated rings. The van der Waals surface area contributed by atoms with Crippen LogP contribution in [0.2, 0.25) is 5.02 Å². The van der Waals surface area contributed by atoms with Crippen molar-refractivity contribution < 1.29 is 17.9 Å². The van der Waals surface area contributed by atoms with Crippen molar-refractivity contribution in [1.82, 2.24) is 5.32 Å². The van der Waals surface area contributed by atoms with Crippen molar-refractivity contribution in [3.8, 4) is 5.75 Å². The summed E-state index contributed by atoms with van der Waals surface area (Å²) in [6, 6.07) is 21.5. The van der Waals surface area contributed by atoms with Crippen molar-refractivity contribution in [3.63, 3.8) is 0 Å². The molecule has 0 spiro atoms. The molecular weight excluding hydrogens is 448 g/mol. The molecule has 0 aliphatic carbocycles. The number of benzene rings is 3. The second-order valence-corrected chi connectivity index (χ2v) is 9.67. The van der Waals surface area contributed by atoms with Gasteiger partial charge in [-0.25, -0.2) is 8.42 Å². The number of nitrogens with one attached hydrogen (secondary N) is 1. The number of halogens is 1. The Labute approximate surface area is 193 Å². The summed E-state index contributed by atoms with van der Waals surface area (Å²) in [6.45, 7) is 1.58. The number of nitrogens with zero attached hydrogens (tertiary/aromatic N) is 1. The smallest absolute Gasteiger partial charge is 0.241 e. The highest BCUT2D eigenvalue weighted by Gasteiger charge is 2.25. The minimum atomic E-state index is -3.75. The fourth-order valence-electron chi connectivity index (χ4n) is 3.44. The molecule has 32 heavy (non-hydrogen) atoms. The second-order valence-electron chi connectivity index (χ2n) is 7.36. The number of methoxy groups -OCH3 is 1. The van der Waals surface area contributed by atoms with E-state index in [9.17, 15) is 13.2 Å². The fraction of sp³-hybridized carbons (Fsp3) is 0.208. The van der Waals surface area contributed by atoms with Gasteiger partial charge in [-0.1, -0.05) is 66.2 Å². The molecule has 0 saturated carbocycles. The summed E-state index contributed by atoms with van der Waals surface area (Å²) in [4.78, 5) is 13.1. The number of hydrogen-bond acceptors (Lipinski definition) is 4. The summed E-state index contributed by atoms with van der Waals surface area (Å²) in [5.41, 5.74) is 3.13. The van der Waals surface area contributed by atoms with Gasteiger partial charge in [0.1, 0.15) is 12.3 Å². The lowest BCUT2D eigenvalue weighted by molar-refractivity contribution is -0.120. The summed E-state index contributed by atoms with van der Waals surface area (Å²) in [7, 11) is -2.28. The SMILES string of the molecule is COc1ccc(N(CC(=O)N[C@@H](c2ccccc2)c2ccccc2C)S(C)(=O)=O)cc1Cl. The Morgan fingerprint density at radius 2 is 1.72 bits per heavy atom. The van der Waals surface area contributed by atoms with Crippen LogP contribution in [0.4, 0.5) is 5.69 Å². The van der Waals surface area contributed by atoms with E-state index >= 15 is 0 Å². The standard InChI is InChI=1S/C24H25ClN2O4S/c1-17-9-7-8-12-20(17)24(18-10-5-4-6-11-18)26-23(28)16-27(32(3,29)30)19-13-14-22(31-2)21(25)15-19/h4-15,24H,16H2,1-3H3,(H,26,28)/t24-/m0/s1. The summed E-state index contributed by atoms with van der Waals surface area (Å²) in [6.07, 6.45) is 1.05. The van der Waals surface area contributed by atoms with Gasteiger partial charge in [-0.2, -0.15) is 0 Å². The van der Waals surface area contributed by atoms with Gasteiger partial charge in [0, 0.05) is 0 Å². The molecule has 0 radical (unpaired) electrons. The van der Waals surface area contributed by atoms with Crippen LogP contribution in [0.1, 0.15) is 22.7 Å². The van der Waals surface area contributed by atoms with Crippen LogP contribution in [0.25, 0.3) is 0 Å². The first-order valence-corrected chi connectivity index (χ1v) is 12.1. The van der Waals surface area contributed by atoms with E-state index < -0.39 is 28.5 Å². The first-order chi connectivity index (χ1) is 15.2. The third-order valence-electron chi connectivity index (χ3n) is 5.05. The first-order valence-electron chi connectivity index (χ1n) is 9.92. The Bertz CT molecular complexity index is 1200. The van der Waals surface area contributed by atoms with Gasteiger partial charge in [-0.3, -0.25) is 9.10 Å². The normalized spacial score (nSPS) is 12.1. The van der Waals surface area contributed by atoms with Gasteiger partial charge in [0.05, 0.1) is 30.1 Å². The molecule has 6 nitrogen and oxygen atoms in total. The lowest BCUT2D eigenvalue weighted by Crippen LogP contribution is -2.42. The third-order valence-corrected chi connectivity index (χ3v) is 6.48. The van der Waals surface area contributed by atoms with Crippen molar-refractivity contribution in [2.24, 2.45) is 0 Å². The molecule has 3 aromatic rings. The predicted octanol–water partition coefficient (Wildman–Crippen LogP) is 4.33. The number of aryl methyl sites for hydroxylation is 1. The lowest BCUT2D eigenvalue weighted by atomic mass is 9.95. The van der Waals surface area contributed by atoms with Crippen molar-refractivity contribution in [2.75, 3.05) is 24.2 Å². The Morgan fingerprint density at radius 3 is 2.31 bits per heavy atom. The Kier molecular flexibility index (Phi) is 7.43. The number of rotatable bonds is 8. The molecule has 3 rings (SSSR count). The van der Waals surface area contributed by atoms with Crippen LogP contribution in [0.3, 0.4) is 0 Å². The number of carbonyl (C=O) groups excluding carboxylic acids is 1. The zero-order chi connectivity index (χ0) is 23.3. The average molecular weight is 473 g/mol. The van der Waals surface area contributed by atoms with Gasteiger partial charge >= 0.3 is 0 Å². The minimum absolute atomic E-state index is 0.251. The maximum Gasteiger partial charge on any atom is 0.241 e. The molecule has 0 aliphatic heterocycles. The first kappa shape index (κ1) is 23.6. The van der Waals surface area contributed by atoms with Crippen molar-refractivity contribution in [3.05, 3.63) is 94.5 Å². The molecule has 0 heterocycles. The van der Waals surface area contributed by atoms with E-state index in [1.807, 2.05) is 61.5 Å². The molecule has 1 atom stereocenters. The molecule has 168 valence electrons. The molecule has 0 unspecified atom stereocenters. The van der Waals surface area contributed by atoms with E-state index in [1.165, 1.54) is 13.2 Å². The van der Waals surface area contributed by atoms with Crippen molar-refractivity contribution in [2.45, 2.75) is 13.0 Å². The van der Waals surface area contributed by atoms with E-state index in [0.717, 1.165) is 27.3 Å². The Hall–Kier alpha value is -3.03. The van der Waals surface area contributed by atoms with E-state index in [4.69, 9.17) is 16.3 Å². The molecule has 8 heteroatoms. The lowest BCUT2D eigenvalue weighted by Gasteiger charge is -2.26. The maximum atomic E-state index is 13.1. The number of ether oxygens (including phenoxy) is 1. The molecule has 1 amide bonds. The number of sulfonamides is 1. The quantitative estimate of drug-likeness (QED) is 0.529. The second kappa shape index (κ2) is 10.1. The number of carbonyl (C=O) groups is 1. The number of anilines is 1. The van der Waals surface area contributed by atoms with Crippen molar-refractivity contribution in [1.29, 1.82) is 0 Å². The molecule has 0 aliphatic rings. The topological polar surface area (TPSA) is 75.7 Å². The molecule has 1 N–H and O–H groups in total. The van der Waals surface area contributed by atoms with Gasteiger partial charge in [-0.05, 0) is 41.8 Å². The zero-order valence-corrected chi connectivity index (χ0v) is 19.7. The number of amides is 1. The largest absolute Gasteiger partial charge is 0.495 e. The third kappa shape index (κ3) is 5.60. The summed E-state index contributed by atoms with van der Waals surface area (Å²) in [5, 5.41) is 3.25. The fourth-order valence-corrected chi connectivity index (χ4v) is 4.54. The monoisotopic (exact) mass is 472 g/mol. The molecule has 0 aromatic heterocycles. The maximum absolute atomic E-state index is 13.1. The van der Waals surface area contributed by atoms with Gasteiger partial charge in [0.25, 0.3) is 0 Å². The van der Waals surface area contributed by atoms with E-state index in [1.54, 1.807) is 12.1 Å². The van der Waals surface area contributed by atoms with Crippen LogP contribution >= 0.6 is 11.6 Å². The number of hydrogen-bond donors (Lipinski definition) is 1. The highest BCUT2D eigenvalue weighted by Crippen LogP contribution is 2.30. The van der Waals surface area contributed by atoms with Crippen LogP contribution in [0, 0.1) is 6.92 Å². The van der Waals surface area contributed by atoms with Gasteiger partial charge in [0.2, 0.25) is 15.9 Å². The van der Waals surface area contributed by atoms with Crippen LogP contribution in [-0.4, -0.2) is 34.2 Å². The Balaban J connectivity index is 1.91. The molecule has 0 bridgehead atoms. The van der Waals surface area contributed by atoms with Crippen LogP contribution in [0.5, 0.6) is 5.75 Å². The minimum Gasteiger partial charge on any atom is -0.495 e. The molecule has 0 saturated heterocycles. The van der Waals surface area contributed by atoms with Crippen LogP contribution < -0.4 is 14.4 Å². The van der Waals surface area contributed by atoms with E-state index in [2.05, 4.69) is 5.32 Å². The molecule has 3 aromatic carbocycles. The van der Waals surface area contributed by atoms with E-state index in [0.29, 0.717) is 5.75 Å². The highest BCUT2D eigenvalue weighted by atomic mass is 35.5. The zero-order valence-electron chi connectivity index (χ0n) is 18.1. The van der Waals surface area contributed by atoms with Gasteiger partial charge < -0.3 is 10.1 Å². The summed E-state index contributed by atoms with van der Waals surface area (Å²) >= 11 is 6.18. The van der Waals surface area contributed by atoms with Crippen molar-refractivity contribution >= 4 is 33.2 Å². The Morgan fingerprint density at radius 1 is 1.06 bits per heavy atom. The van der Waals surface area contributed by atoms with E-state index in [-0.39, 0.29) is 10.7 Å². The van der Waals surface area contributed by atoms with Gasteiger partial charge in [0.15, 0.2) is 0 Å². The molecular formula is C24H25ClN2O4S. The average Bonchev–Trinajstić information content (AvgIpc) is 2.76. The van der Waals surface area contributed by atoms with Gasteiger partial charge in [-0.15, -0.1) is 0 Å².